The van der Waals surface area contributed by atoms with Crippen LogP contribution in [0.5, 0.6) is 11.5 Å². The third kappa shape index (κ3) is 5.24. The Kier molecular flexibility index (Phi) is 8.77. The molecule has 0 aliphatic carbocycles. The molecule has 0 fully saturated rings. The summed E-state index contributed by atoms with van der Waals surface area (Å²) >= 11 is 0. The number of ether oxygens (including phenoxy) is 2. The van der Waals surface area contributed by atoms with E-state index in [9.17, 15) is 0 Å². The van der Waals surface area contributed by atoms with Crippen LogP contribution in [-0.2, 0) is 0 Å². The predicted molar refractivity (Wildman–Crippen MR) is 68.6 cm³/mol. The number of unbranched alkanes of at least 4 members (excludes halogenated alkanes) is 1. The molecule has 0 aliphatic heterocycles. The molecule has 0 aromatic heterocycles. The average molecular weight is 246 g/mol. The molecule has 1 aromatic rings. The predicted octanol–water partition coefficient (Wildman–Crippen LogP) is 2.62. The van der Waals surface area contributed by atoms with Gasteiger partial charge in [-0.15, -0.1) is 12.4 Å². The van der Waals surface area contributed by atoms with Gasteiger partial charge in [0.2, 0.25) is 0 Å². The van der Waals surface area contributed by atoms with Gasteiger partial charge in [0.25, 0.3) is 0 Å². The van der Waals surface area contributed by atoms with E-state index in [0.717, 1.165) is 30.9 Å². The van der Waals surface area contributed by atoms with Crippen LogP contribution in [0.1, 0.15) is 19.8 Å². The molecule has 0 saturated carbocycles. The van der Waals surface area contributed by atoms with Crippen molar-refractivity contribution < 1.29 is 9.47 Å². The van der Waals surface area contributed by atoms with Gasteiger partial charge in [0.1, 0.15) is 0 Å². The van der Waals surface area contributed by atoms with Gasteiger partial charge in [-0.25, -0.2) is 0 Å². The van der Waals surface area contributed by atoms with E-state index in [4.69, 9.17) is 15.2 Å². The number of halogens is 1. The van der Waals surface area contributed by atoms with Crippen molar-refractivity contribution in [1.29, 1.82) is 0 Å². The maximum atomic E-state index is 5.61. The second-order valence-corrected chi connectivity index (χ2v) is 3.22. The van der Waals surface area contributed by atoms with Crippen LogP contribution >= 0.6 is 12.4 Å². The number of hydrogen-bond donors (Lipinski definition) is 1. The maximum Gasteiger partial charge on any atom is 0.161 e. The molecule has 0 amide bonds. The standard InChI is InChI=1S/C12H19NO2.ClH/c1-2-14-11-7-3-4-8-12(11)15-10-6-5-9-13;/h3-4,7-8H,2,5-6,9-10,13H2,1H3;1H. The van der Waals surface area contributed by atoms with Gasteiger partial charge < -0.3 is 15.2 Å². The molecule has 0 bridgehead atoms. The number of benzene rings is 1. The van der Waals surface area contributed by atoms with E-state index in [1.807, 2.05) is 31.2 Å². The highest BCUT2D eigenvalue weighted by Crippen LogP contribution is 2.26. The Labute approximate surface area is 103 Å². The van der Waals surface area contributed by atoms with E-state index in [1.54, 1.807) is 0 Å². The van der Waals surface area contributed by atoms with E-state index in [1.165, 1.54) is 0 Å². The molecule has 3 nitrogen and oxygen atoms in total. The summed E-state index contributed by atoms with van der Waals surface area (Å²) in [6.07, 6.45) is 1.98. The van der Waals surface area contributed by atoms with E-state index >= 15 is 0 Å². The molecule has 0 radical (unpaired) electrons. The lowest BCUT2D eigenvalue weighted by Crippen LogP contribution is -2.04. The lowest BCUT2D eigenvalue weighted by molar-refractivity contribution is 0.272. The van der Waals surface area contributed by atoms with Crippen molar-refractivity contribution in [1.82, 2.24) is 0 Å². The summed E-state index contributed by atoms with van der Waals surface area (Å²) in [5, 5.41) is 0. The topological polar surface area (TPSA) is 44.5 Å². The van der Waals surface area contributed by atoms with Crippen LogP contribution in [0.3, 0.4) is 0 Å². The van der Waals surface area contributed by atoms with Crippen LogP contribution in [-0.4, -0.2) is 19.8 Å². The number of rotatable bonds is 7. The maximum absolute atomic E-state index is 5.61. The molecule has 1 rings (SSSR count). The largest absolute Gasteiger partial charge is 0.490 e. The van der Waals surface area contributed by atoms with E-state index < -0.39 is 0 Å². The minimum atomic E-state index is 0. The normalized spacial score (nSPS) is 9.38. The minimum Gasteiger partial charge on any atom is -0.490 e. The first-order valence-corrected chi connectivity index (χ1v) is 5.43. The highest BCUT2D eigenvalue weighted by atomic mass is 35.5. The van der Waals surface area contributed by atoms with Gasteiger partial charge in [-0.1, -0.05) is 12.1 Å². The van der Waals surface area contributed by atoms with Gasteiger partial charge in [0, 0.05) is 0 Å². The molecule has 0 spiro atoms. The third-order valence-corrected chi connectivity index (χ3v) is 2.01. The summed E-state index contributed by atoms with van der Waals surface area (Å²) in [6.45, 7) is 4.03. The van der Waals surface area contributed by atoms with Gasteiger partial charge in [0.05, 0.1) is 13.2 Å². The van der Waals surface area contributed by atoms with E-state index in [0.29, 0.717) is 13.2 Å². The minimum absolute atomic E-state index is 0. The Morgan fingerprint density at radius 1 is 1.06 bits per heavy atom. The zero-order valence-electron chi connectivity index (χ0n) is 9.65. The van der Waals surface area contributed by atoms with Gasteiger partial charge in [-0.05, 0) is 38.4 Å². The lowest BCUT2D eigenvalue weighted by atomic mass is 10.3. The second kappa shape index (κ2) is 9.31. The van der Waals surface area contributed by atoms with Crippen molar-refractivity contribution in [3.63, 3.8) is 0 Å². The van der Waals surface area contributed by atoms with Crippen molar-refractivity contribution in [3.05, 3.63) is 24.3 Å². The fourth-order valence-corrected chi connectivity index (χ4v) is 1.27. The second-order valence-electron chi connectivity index (χ2n) is 3.22. The van der Waals surface area contributed by atoms with Crippen LogP contribution in [0.2, 0.25) is 0 Å². The van der Waals surface area contributed by atoms with Crippen LogP contribution in [0, 0.1) is 0 Å². The third-order valence-electron chi connectivity index (χ3n) is 2.01. The van der Waals surface area contributed by atoms with Gasteiger partial charge >= 0.3 is 0 Å². The molecule has 0 unspecified atom stereocenters. The molecule has 0 saturated heterocycles. The summed E-state index contributed by atoms with van der Waals surface area (Å²) < 4.78 is 11.1. The van der Waals surface area contributed by atoms with Crippen molar-refractivity contribution in [2.75, 3.05) is 19.8 Å². The molecule has 1 aromatic carbocycles. The van der Waals surface area contributed by atoms with Crippen LogP contribution in [0.4, 0.5) is 0 Å². The molecular weight excluding hydrogens is 226 g/mol. The summed E-state index contributed by atoms with van der Waals surface area (Å²) in [7, 11) is 0. The van der Waals surface area contributed by atoms with Crippen LogP contribution < -0.4 is 15.2 Å². The van der Waals surface area contributed by atoms with Crippen molar-refractivity contribution in [2.45, 2.75) is 19.8 Å². The Bertz CT molecular complexity index is 281. The summed E-state index contributed by atoms with van der Waals surface area (Å²) in [5.41, 5.74) is 5.41. The molecule has 16 heavy (non-hydrogen) atoms. The Morgan fingerprint density at radius 2 is 1.69 bits per heavy atom. The zero-order chi connectivity index (χ0) is 10.9. The number of nitrogens with two attached hydrogens (primary N) is 1. The average Bonchev–Trinajstić information content (AvgIpc) is 2.27. The van der Waals surface area contributed by atoms with Crippen LogP contribution in [0.25, 0.3) is 0 Å². The fourth-order valence-electron chi connectivity index (χ4n) is 1.27. The van der Waals surface area contributed by atoms with Crippen LogP contribution in [0.15, 0.2) is 24.3 Å². The number of hydrogen-bond acceptors (Lipinski definition) is 3. The monoisotopic (exact) mass is 245 g/mol. The molecule has 0 aliphatic rings. The molecule has 4 heteroatoms. The quantitative estimate of drug-likeness (QED) is 0.751. The van der Waals surface area contributed by atoms with Gasteiger partial charge in [-0.2, -0.15) is 0 Å². The Balaban J connectivity index is 0.00000225. The molecule has 0 atom stereocenters. The fraction of sp³-hybridized carbons (Fsp3) is 0.500. The molecule has 2 N–H and O–H groups in total. The summed E-state index contributed by atoms with van der Waals surface area (Å²) in [4.78, 5) is 0. The Hall–Kier alpha value is -0.930. The van der Waals surface area contributed by atoms with E-state index in [-0.39, 0.29) is 12.4 Å². The molecule has 92 valence electrons. The highest BCUT2D eigenvalue weighted by molar-refractivity contribution is 5.85. The van der Waals surface area contributed by atoms with Gasteiger partial charge in [-0.3, -0.25) is 0 Å². The summed E-state index contributed by atoms with van der Waals surface area (Å²) in [6, 6.07) is 7.73. The highest BCUT2D eigenvalue weighted by Gasteiger charge is 2.02. The van der Waals surface area contributed by atoms with Crippen molar-refractivity contribution in [3.8, 4) is 11.5 Å². The van der Waals surface area contributed by atoms with E-state index in [2.05, 4.69) is 0 Å². The molecular formula is C12H20ClNO2. The number of para-hydroxylation sites is 2. The lowest BCUT2D eigenvalue weighted by Gasteiger charge is -2.11. The first kappa shape index (κ1) is 15.1. The van der Waals surface area contributed by atoms with Crippen molar-refractivity contribution in [2.24, 2.45) is 5.73 Å². The van der Waals surface area contributed by atoms with Crippen molar-refractivity contribution >= 4 is 12.4 Å². The summed E-state index contributed by atoms with van der Waals surface area (Å²) in [5.74, 6) is 1.63. The molecule has 0 heterocycles. The SMILES string of the molecule is CCOc1ccccc1OCCCCN.Cl. The first-order valence-electron chi connectivity index (χ1n) is 5.43. The zero-order valence-corrected chi connectivity index (χ0v) is 10.5. The van der Waals surface area contributed by atoms with Gasteiger partial charge in [0.15, 0.2) is 11.5 Å². The first-order chi connectivity index (χ1) is 7.38. The Morgan fingerprint density at radius 3 is 2.25 bits per heavy atom. The smallest absolute Gasteiger partial charge is 0.161 e.